The lowest BCUT2D eigenvalue weighted by molar-refractivity contribution is -0.118. The van der Waals surface area contributed by atoms with Gasteiger partial charge >= 0.3 is 0 Å². The van der Waals surface area contributed by atoms with Gasteiger partial charge in [-0.1, -0.05) is 51.4 Å². The molecular weight excluding hydrogens is 562 g/mol. The monoisotopic (exact) mass is 583 g/mol. The summed E-state index contributed by atoms with van der Waals surface area (Å²) in [7, 11) is 0. The standard InChI is InChI=1S/C26H23BrClN5O2S/c1-3-35-23-13-11-22(12-14-23)33-25(18-7-9-21(28)10-8-18)31-32-26(33)36-16-24(34)30-29-17(2)19-5-4-6-20(27)15-19/h4-15H,3,16H2,1-2H3,(H,30,34)/b29-17+. The van der Waals surface area contributed by atoms with Gasteiger partial charge < -0.3 is 4.74 Å². The number of aromatic nitrogens is 3. The minimum atomic E-state index is -0.247. The maximum absolute atomic E-state index is 12.6. The topological polar surface area (TPSA) is 81.4 Å². The van der Waals surface area contributed by atoms with Crippen LogP contribution in [0.15, 0.2) is 87.5 Å². The average molecular weight is 585 g/mol. The summed E-state index contributed by atoms with van der Waals surface area (Å²) >= 11 is 10.8. The highest BCUT2D eigenvalue weighted by Gasteiger charge is 2.17. The smallest absolute Gasteiger partial charge is 0.250 e. The van der Waals surface area contributed by atoms with Crippen LogP contribution >= 0.6 is 39.3 Å². The van der Waals surface area contributed by atoms with E-state index in [0.717, 1.165) is 27.0 Å². The van der Waals surface area contributed by atoms with Gasteiger partial charge in [0, 0.05) is 20.7 Å². The first kappa shape index (κ1) is 25.9. The van der Waals surface area contributed by atoms with Crippen molar-refractivity contribution in [1.29, 1.82) is 0 Å². The zero-order chi connectivity index (χ0) is 25.5. The van der Waals surface area contributed by atoms with E-state index in [1.165, 1.54) is 11.8 Å². The number of hydrazone groups is 1. The van der Waals surface area contributed by atoms with Crippen LogP contribution in [0.4, 0.5) is 0 Å². The number of carbonyl (C=O) groups excluding carboxylic acids is 1. The summed E-state index contributed by atoms with van der Waals surface area (Å²) in [5.74, 6) is 1.28. The van der Waals surface area contributed by atoms with Crippen molar-refractivity contribution < 1.29 is 9.53 Å². The van der Waals surface area contributed by atoms with Crippen molar-refractivity contribution in [2.75, 3.05) is 12.4 Å². The predicted octanol–water partition coefficient (Wildman–Crippen LogP) is 6.38. The van der Waals surface area contributed by atoms with E-state index in [-0.39, 0.29) is 11.7 Å². The van der Waals surface area contributed by atoms with Crippen molar-refractivity contribution in [1.82, 2.24) is 20.2 Å². The van der Waals surface area contributed by atoms with Crippen molar-refractivity contribution >= 4 is 50.9 Å². The molecule has 0 atom stereocenters. The quantitative estimate of drug-likeness (QED) is 0.140. The van der Waals surface area contributed by atoms with E-state index in [0.29, 0.717) is 28.3 Å². The van der Waals surface area contributed by atoms with Gasteiger partial charge in [-0.2, -0.15) is 5.10 Å². The molecule has 0 aliphatic rings. The Bertz CT molecular complexity index is 1370. The van der Waals surface area contributed by atoms with E-state index < -0.39 is 0 Å². The van der Waals surface area contributed by atoms with E-state index in [4.69, 9.17) is 16.3 Å². The highest BCUT2D eigenvalue weighted by atomic mass is 79.9. The third-order valence-corrected chi connectivity index (χ3v) is 6.74. The molecule has 1 aromatic heterocycles. The maximum atomic E-state index is 12.6. The van der Waals surface area contributed by atoms with Crippen molar-refractivity contribution in [3.05, 3.63) is 87.9 Å². The number of halogens is 2. The second kappa shape index (κ2) is 12.2. The molecule has 0 unspecified atom stereocenters. The van der Waals surface area contributed by atoms with E-state index in [9.17, 15) is 4.79 Å². The molecule has 0 fully saturated rings. The second-order valence-corrected chi connectivity index (χ2v) is 9.90. The Hall–Kier alpha value is -3.14. The van der Waals surface area contributed by atoms with Crippen molar-refractivity contribution in [3.63, 3.8) is 0 Å². The molecule has 0 aliphatic heterocycles. The molecule has 1 amide bonds. The van der Waals surface area contributed by atoms with Gasteiger partial charge in [0.05, 0.1) is 18.1 Å². The molecule has 0 bridgehead atoms. The predicted molar refractivity (Wildman–Crippen MR) is 148 cm³/mol. The van der Waals surface area contributed by atoms with Crippen LogP contribution in [0.3, 0.4) is 0 Å². The zero-order valence-electron chi connectivity index (χ0n) is 19.6. The fraction of sp³-hybridized carbons (Fsp3) is 0.154. The Morgan fingerprint density at radius 3 is 2.56 bits per heavy atom. The number of nitrogens with one attached hydrogen (secondary N) is 1. The van der Waals surface area contributed by atoms with Crippen molar-refractivity contribution in [3.8, 4) is 22.8 Å². The molecule has 4 rings (SSSR count). The summed E-state index contributed by atoms with van der Waals surface area (Å²) < 4.78 is 8.43. The van der Waals surface area contributed by atoms with Crippen molar-refractivity contribution in [2.45, 2.75) is 19.0 Å². The van der Waals surface area contributed by atoms with Gasteiger partial charge in [0.2, 0.25) is 0 Å². The Labute approximate surface area is 227 Å². The van der Waals surface area contributed by atoms with E-state index in [2.05, 4.69) is 36.7 Å². The van der Waals surface area contributed by atoms with Gasteiger partial charge in [-0.05, 0) is 80.1 Å². The zero-order valence-corrected chi connectivity index (χ0v) is 22.8. The van der Waals surface area contributed by atoms with Gasteiger partial charge in [-0.15, -0.1) is 10.2 Å². The first-order chi connectivity index (χ1) is 17.4. The fourth-order valence-electron chi connectivity index (χ4n) is 3.33. The minimum Gasteiger partial charge on any atom is -0.494 e. The normalized spacial score (nSPS) is 11.4. The molecule has 1 heterocycles. The summed E-state index contributed by atoms with van der Waals surface area (Å²) in [6, 6.07) is 22.8. The summed E-state index contributed by atoms with van der Waals surface area (Å²) in [4.78, 5) is 12.6. The molecule has 0 aliphatic carbocycles. The third kappa shape index (κ3) is 6.54. The van der Waals surface area contributed by atoms with Crippen LogP contribution in [-0.4, -0.2) is 38.7 Å². The Balaban J connectivity index is 1.54. The SMILES string of the molecule is CCOc1ccc(-n2c(SCC(=O)N/N=C(\C)c3cccc(Br)c3)nnc2-c2ccc(Cl)cc2)cc1. The number of ether oxygens (including phenoxy) is 1. The molecule has 10 heteroatoms. The Morgan fingerprint density at radius 1 is 1.11 bits per heavy atom. The third-order valence-electron chi connectivity index (χ3n) is 5.06. The first-order valence-electron chi connectivity index (χ1n) is 11.1. The van der Waals surface area contributed by atoms with Crippen LogP contribution in [0.1, 0.15) is 19.4 Å². The largest absolute Gasteiger partial charge is 0.494 e. The van der Waals surface area contributed by atoms with Crippen LogP contribution in [0.5, 0.6) is 5.75 Å². The lowest BCUT2D eigenvalue weighted by Crippen LogP contribution is -2.21. The number of amides is 1. The van der Waals surface area contributed by atoms with Gasteiger partial charge in [0.1, 0.15) is 5.75 Å². The average Bonchev–Trinajstić information content (AvgIpc) is 3.31. The molecule has 36 heavy (non-hydrogen) atoms. The van der Waals surface area contributed by atoms with Gasteiger partial charge in [-0.3, -0.25) is 9.36 Å². The van der Waals surface area contributed by atoms with E-state index in [1.807, 2.05) is 79.1 Å². The number of rotatable bonds is 9. The minimum absolute atomic E-state index is 0.116. The number of nitrogens with zero attached hydrogens (tertiary/aromatic N) is 4. The van der Waals surface area contributed by atoms with Gasteiger partial charge in [0.15, 0.2) is 11.0 Å². The molecule has 0 spiro atoms. The lowest BCUT2D eigenvalue weighted by Gasteiger charge is -2.11. The van der Waals surface area contributed by atoms with Crippen LogP contribution in [0.25, 0.3) is 17.1 Å². The van der Waals surface area contributed by atoms with E-state index in [1.54, 1.807) is 12.1 Å². The van der Waals surface area contributed by atoms with Gasteiger partial charge in [0.25, 0.3) is 5.91 Å². The second-order valence-electron chi connectivity index (χ2n) is 7.61. The molecule has 7 nitrogen and oxygen atoms in total. The molecular formula is C26H23BrClN5O2S. The van der Waals surface area contributed by atoms with Gasteiger partial charge in [-0.25, -0.2) is 5.43 Å². The van der Waals surface area contributed by atoms with Crippen LogP contribution in [0, 0.1) is 0 Å². The molecule has 0 radical (unpaired) electrons. The fourth-order valence-corrected chi connectivity index (χ4v) is 4.60. The number of carbonyl (C=O) groups is 1. The Kier molecular flexibility index (Phi) is 8.79. The highest BCUT2D eigenvalue weighted by Crippen LogP contribution is 2.29. The molecule has 1 N–H and O–H groups in total. The molecule has 3 aromatic carbocycles. The molecule has 0 saturated heterocycles. The number of hydrogen-bond donors (Lipinski definition) is 1. The molecule has 0 saturated carbocycles. The lowest BCUT2D eigenvalue weighted by atomic mass is 10.1. The Morgan fingerprint density at radius 2 is 1.86 bits per heavy atom. The number of benzene rings is 3. The van der Waals surface area contributed by atoms with Crippen LogP contribution < -0.4 is 10.2 Å². The number of hydrogen-bond acceptors (Lipinski definition) is 6. The molecule has 184 valence electrons. The van der Waals surface area contributed by atoms with Crippen LogP contribution in [0.2, 0.25) is 5.02 Å². The first-order valence-corrected chi connectivity index (χ1v) is 13.3. The maximum Gasteiger partial charge on any atom is 0.250 e. The summed E-state index contributed by atoms with van der Waals surface area (Å²) in [5, 5.41) is 14.2. The van der Waals surface area contributed by atoms with Crippen LogP contribution in [-0.2, 0) is 4.79 Å². The summed E-state index contributed by atoms with van der Waals surface area (Å²) in [5.41, 5.74) is 5.94. The summed E-state index contributed by atoms with van der Waals surface area (Å²) in [6.45, 7) is 4.37. The van der Waals surface area contributed by atoms with Crippen molar-refractivity contribution in [2.24, 2.45) is 5.10 Å². The molecule has 4 aromatic rings. The number of thioether (sulfide) groups is 1. The summed E-state index contributed by atoms with van der Waals surface area (Å²) in [6.07, 6.45) is 0. The highest BCUT2D eigenvalue weighted by molar-refractivity contribution is 9.10. The van der Waals surface area contributed by atoms with E-state index >= 15 is 0 Å².